The Balaban J connectivity index is 0.000000114. The van der Waals surface area contributed by atoms with Gasteiger partial charge >= 0.3 is 0 Å². The molecule has 0 radical (unpaired) electrons. The molecule has 408 valence electrons. The highest BCUT2D eigenvalue weighted by atomic mass is 16.6. The molecule has 12 aromatic rings. The smallest absolute Gasteiger partial charge is 0.221 e. The first-order chi connectivity index (χ1) is 39.6. The zero-order valence-electron chi connectivity index (χ0n) is 44.7. The SMILES string of the molecule is CC(c1ccc2c(c1)OCCO2)n1nnc2ncc(-c3cnn(C)c3)nc21.C[C@@H](c1ccc2c(c1)OCCO2)n1nnc2ncc(-c3cnn(C)c3)nc21.C[C@H](c1ccc2c(c1)OCCO2)n1nnc2ncc(-c3cnn(C)c3)nc21. The normalized spacial score (nSPS) is 14.4. The van der Waals surface area contributed by atoms with Crippen LogP contribution in [-0.2, 0) is 21.1 Å². The molecule has 0 amide bonds. The molecule has 12 heterocycles. The summed E-state index contributed by atoms with van der Waals surface area (Å²) < 4.78 is 44.4. The van der Waals surface area contributed by atoms with Crippen molar-refractivity contribution in [1.82, 2.24) is 104 Å². The van der Waals surface area contributed by atoms with Crippen molar-refractivity contribution in [3.05, 3.63) is 127 Å². The molecule has 0 saturated heterocycles. The van der Waals surface area contributed by atoms with Gasteiger partial charge in [-0.2, -0.15) is 15.3 Å². The van der Waals surface area contributed by atoms with E-state index in [9.17, 15) is 0 Å². The molecule has 3 atom stereocenters. The van der Waals surface area contributed by atoms with Crippen LogP contribution in [0.5, 0.6) is 34.5 Å². The summed E-state index contributed by atoms with van der Waals surface area (Å²) >= 11 is 0. The maximum Gasteiger partial charge on any atom is 0.221 e. The number of ether oxygens (including phenoxy) is 6. The molecule has 81 heavy (non-hydrogen) atoms. The molecule has 27 nitrogen and oxygen atoms in total. The number of aromatic nitrogens is 21. The first-order valence-electron chi connectivity index (χ1n) is 26.0. The Bertz CT molecular complexity index is 3830. The summed E-state index contributed by atoms with van der Waals surface area (Å²) in [5.41, 5.74) is 11.3. The molecule has 0 fully saturated rings. The van der Waals surface area contributed by atoms with Crippen LogP contribution in [-0.4, -0.2) is 144 Å². The van der Waals surface area contributed by atoms with E-state index in [1.165, 1.54) is 0 Å². The van der Waals surface area contributed by atoms with E-state index >= 15 is 0 Å². The predicted octanol–water partition coefficient (Wildman–Crippen LogP) is 6.01. The van der Waals surface area contributed by atoms with Gasteiger partial charge in [0.1, 0.15) is 39.6 Å². The van der Waals surface area contributed by atoms with E-state index in [2.05, 4.69) is 61.2 Å². The van der Waals surface area contributed by atoms with E-state index < -0.39 is 0 Å². The molecule has 9 aromatic heterocycles. The van der Waals surface area contributed by atoms with E-state index in [-0.39, 0.29) is 18.1 Å². The molecular weight excluding hydrogens is 1040 g/mol. The second kappa shape index (κ2) is 21.1. The lowest BCUT2D eigenvalue weighted by Crippen LogP contribution is -2.16. The highest BCUT2D eigenvalue weighted by Gasteiger charge is 2.24. The third kappa shape index (κ3) is 9.95. The summed E-state index contributed by atoms with van der Waals surface area (Å²) in [6, 6.07) is 17.4. The van der Waals surface area contributed by atoms with Gasteiger partial charge in [-0.25, -0.2) is 43.9 Å². The largest absolute Gasteiger partial charge is 0.486 e. The fraction of sp³-hybridized carbons (Fsp3) is 0.278. The highest BCUT2D eigenvalue weighted by Crippen LogP contribution is 2.37. The van der Waals surface area contributed by atoms with Gasteiger partial charge in [-0.15, -0.1) is 15.3 Å². The zero-order valence-corrected chi connectivity index (χ0v) is 44.7. The summed E-state index contributed by atoms with van der Waals surface area (Å²) in [4.78, 5) is 27.3. The van der Waals surface area contributed by atoms with E-state index in [1.807, 2.05) is 115 Å². The third-order valence-electron chi connectivity index (χ3n) is 13.8. The van der Waals surface area contributed by atoms with Gasteiger partial charge in [0.25, 0.3) is 0 Å². The minimum atomic E-state index is -0.0933. The predicted molar refractivity (Wildman–Crippen MR) is 290 cm³/mol. The van der Waals surface area contributed by atoms with Crippen LogP contribution in [0.3, 0.4) is 0 Å². The van der Waals surface area contributed by atoms with Gasteiger partial charge in [-0.3, -0.25) is 14.0 Å². The summed E-state index contributed by atoms with van der Waals surface area (Å²) in [7, 11) is 5.60. The summed E-state index contributed by atoms with van der Waals surface area (Å²) in [6.07, 6.45) is 16.0. The molecule has 1 unspecified atom stereocenters. The van der Waals surface area contributed by atoms with E-state index in [0.29, 0.717) is 73.5 Å². The monoisotopic (exact) mass is 1090 g/mol. The molecule has 0 bridgehead atoms. The van der Waals surface area contributed by atoms with Crippen molar-refractivity contribution in [2.24, 2.45) is 21.1 Å². The lowest BCUT2D eigenvalue weighted by Gasteiger charge is -2.20. The molecule has 3 aromatic carbocycles. The number of hydrogen-bond acceptors (Lipinski definition) is 21. The summed E-state index contributed by atoms with van der Waals surface area (Å²) in [6.45, 7) is 9.49. The van der Waals surface area contributed by atoms with Gasteiger partial charge in [0.15, 0.2) is 51.4 Å². The molecule has 27 heteroatoms. The van der Waals surface area contributed by atoms with Gasteiger partial charge in [0.2, 0.25) is 16.9 Å². The van der Waals surface area contributed by atoms with Gasteiger partial charge in [-0.1, -0.05) is 33.8 Å². The van der Waals surface area contributed by atoms with Crippen LogP contribution in [0.1, 0.15) is 55.6 Å². The summed E-state index contributed by atoms with van der Waals surface area (Å²) in [5, 5.41) is 37.9. The number of aryl methyl sites for hydroxylation is 3. The van der Waals surface area contributed by atoms with Crippen molar-refractivity contribution >= 4 is 33.9 Å². The topological polar surface area (TPSA) is 278 Å². The molecule has 0 aliphatic carbocycles. The zero-order chi connectivity index (χ0) is 55.1. The average Bonchev–Trinajstić information content (AvgIpc) is 4.43. The van der Waals surface area contributed by atoms with Crippen molar-refractivity contribution in [1.29, 1.82) is 0 Å². The van der Waals surface area contributed by atoms with Crippen LogP contribution < -0.4 is 28.4 Å². The lowest BCUT2D eigenvalue weighted by molar-refractivity contribution is 0.171. The Morgan fingerprint density at radius 1 is 0.370 bits per heavy atom. The van der Waals surface area contributed by atoms with E-state index in [0.717, 1.165) is 85.0 Å². The van der Waals surface area contributed by atoms with Crippen LogP contribution in [0.4, 0.5) is 0 Å². The Morgan fingerprint density at radius 3 is 0.926 bits per heavy atom. The highest BCUT2D eigenvalue weighted by molar-refractivity contribution is 5.72. The lowest BCUT2D eigenvalue weighted by atomic mass is 10.1. The second-order valence-electron chi connectivity index (χ2n) is 19.3. The van der Waals surface area contributed by atoms with Gasteiger partial charge < -0.3 is 28.4 Å². The quantitative estimate of drug-likeness (QED) is 0.160. The fourth-order valence-electron chi connectivity index (χ4n) is 9.43. The Hall–Kier alpha value is -10.5. The van der Waals surface area contributed by atoms with Crippen LogP contribution in [0.15, 0.2) is 110 Å². The average molecular weight is 1090 g/mol. The Labute approximate surface area is 460 Å². The number of nitrogens with zero attached hydrogens (tertiary/aromatic N) is 21. The number of hydrogen-bond donors (Lipinski definition) is 0. The molecular formula is C54H51N21O6. The second-order valence-corrected chi connectivity index (χ2v) is 19.3. The molecule has 15 rings (SSSR count). The molecule has 3 aliphatic heterocycles. The third-order valence-corrected chi connectivity index (χ3v) is 13.8. The minimum Gasteiger partial charge on any atom is -0.486 e. The van der Waals surface area contributed by atoms with E-state index in [4.69, 9.17) is 43.4 Å². The Morgan fingerprint density at radius 2 is 0.654 bits per heavy atom. The first kappa shape index (κ1) is 50.1. The number of benzene rings is 3. The van der Waals surface area contributed by atoms with Crippen molar-refractivity contribution in [3.8, 4) is 68.3 Å². The molecule has 0 N–H and O–H groups in total. The maximum absolute atomic E-state index is 5.69. The van der Waals surface area contributed by atoms with Crippen LogP contribution >= 0.6 is 0 Å². The van der Waals surface area contributed by atoms with Gasteiger partial charge in [0, 0.05) is 56.4 Å². The minimum absolute atomic E-state index is 0.0933. The van der Waals surface area contributed by atoms with Crippen LogP contribution in [0, 0.1) is 0 Å². The maximum atomic E-state index is 5.69. The Kier molecular flexibility index (Phi) is 13.0. The van der Waals surface area contributed by atoms with Crippen molar-refractivity contribution < 1.29 is 28.4 Å². The standard InChI is InChI=1S/3C18H17N7O2/c3*1-11(12-3-4-15-16(7-12)27-6-5-26-15)25-18-17(22-23-25)19-9-14(21-18)13-8-20-24(2)10-13/h3*3-4,7-11H,5-6H2,1-2H3/t2*11-;/m10./s1. The molecule has 3 aliphatic rings. The van der Waals surface area contributed by atoms with Crippen molar-refractivity contribution in [2.75, 3.05) is 39.6 Å². The number of rotatable bonds is 9. The van der Waals surface area contributed by atoms with Gasteiger partial charge in [0.05, 0.1) is 72.4 Å². The van der Waals surface area contributed by atoms with Crippen LogP contribution in [0.2, 0.25) is 0 Å². The van der Waals surface area contributed by atoms with Gasteiger partial charge in [-0.05, 0) is 73.9 Å². The van der Waals surface area contributed by atoms with Crippen molar-refractivity contribution in [3.63, 3.8) is 0 Å². The van der Waals surface area contributed by atoms with Crippen LogP contribution in [0.25, 0.3) is 67.7 Å². The first-order valence-corrected chi connectivity index (χ1v) is 26.0. The van der Waals surface area contributed by atoms with E-state index in [1.54, 1.807) is 65.3 Å². The molecule has 0 spiro atoms. The molecule has 0 saturated carbocycles. The fourth-order valence-corrected chi connectivity index (χ4v) is 9.43. The summed E-state index contributed by atoms with van der Waals surface area (Å²) in [5.74, 6) is 4.53. The van der Waals surface area contributed by atoms with Crippen molar-refractivity contribution in [2.45, 2.75) is 38.9 Å². The number of fused-ring (bicyclic) bond motifs is 6.